The van der Waals surface area contributed by atoms with Gasteiger partial charge in [0.1, 0.15) is 5.75 Å². The number of benzene rings is 1. The van der Waals surface area contributed by atoms with E-state index in [-0.39, 0.29) is 0 Å². The average molecular weight is 213 g/mol. The van der Waals surface area contributed by atoms with E-state index in [1.807, 2.05) is 23.0 Å². The van der Waals surface area contributed by atoms with E-state index in [2.05, 4.69) is 9.97 Å². The lowest BCUT2D eigenvalue weighted by atomic mass is 10.1. The SMILES string of the molecule is Oc1ccc2[nH]cc(Cn3ccnc3)c2c1. The summed E-state index contributed by atoms with van der Waals surface area (Å²) >= 11 is 0. The quantitative estimate of drug-likeness (QED) is 0.685. The van der Waals surface area contributed by atoms with Crippen LogP contribution < -0.4 is 0 Å². The number of phenolic OH excluding ortho intramolecular Hbond substituents is 1. The van der Waals surface area contributed by atoms with Crippen molar-refractivity contribution in [1.82, 2.24) is 14.5 Å². The summed E-state index contributed by atoms with van der Waals surface area (Å²) in [5.41, 5.74) is 2.18. The molecule has 0 unspecified atom stereocenters. The number of aromatic hydroxyl groups is 1. The maximum Gasteiger partial charge on any atom is 0.116 e. The maximum atomic E-state index is 9.47. The minimum absolute atomic E-state index is 0.291. The summed E-state index contributed by atoms with van der Waals surface area (Å²) in [5.74, 6) is 0.291. The summed E-state index contributed by atoms with van der Waals surface area (Å²) in [6.45, 7) is 0.753. The monoisotopic (exact) mass is 213 g/mol. The molecule has 2 aromatic heterocycles. The maximum absolute atomic E-state index is 9.47. The summed E-state index contributed by atoms with van der Waals surface area (Å²) in [5, 5.41) is 10.5. The van der Waals surface area contributed by atoms with Crippen molar-refractivity contribution in [2.45, 2.75) is 6.54 Å². The molecular formula is C12H11N3O. The first-order chi connectivity index (χ1) is 7.83. The molecule has 3 aromatic rings. The molecule has 2 N–H and O–H groups in total. The van der Waals surface area contributed by atoms with Crippen molar-refractivity contribution >= 4 is 10.9 Å². The van der Waals surface area contributed by atoms with E-state index in [9.17, 15) is 5.11 Å². The van der Waals surface area contributed by atoms with Crippen molar-refractivity contribution in [1.29, 1.82) is 0 Å². The standard InChI is InChI=1S/C12H11N3O/c16-10-1-2-12-11(5-10)9(6-14-12)7-15-4-3-13-8-15/h1-6,8,14,16H,7H2. The van der Waals surface area contributed by atoms with E-state index >= 15 is 0 Å². The highest BCUT2D eigenvalue weighted by Gasteiger charge is 2.04. The molecule has 0 fully saturated rings. The van der Waals surface area contributed by atoms with Crippen LogP contribution in [-0.4, -0.2) is 19.6 Å². The van der Waals surface area contributed by atoms with E-state index < -0.39 is 0 Å². The van der Waals surface area contributed by atoms with Crippen molar-refractivity contribution in [2.24, 2.45) is 0 Å². The first kappa shape index (κ1) is 9.03. The van der Waals surface area contributed by atoms with Gasteiger partial charge in [0.2, 0.25) is 0 Å². The Morgan fingerprint density at radius 3 is 3.12 bits per heavy atom. The minimum Gasteiger partial charge on any atom is -0.508 e. The van der Waals surface area contributed by atoms with Crippen LogP contribution in [0.5, 0.6) is 5.75 Å². The van der Waals surface area contributed by atoms with Gasteiger partial charge in [-0.25, -0.2) is 4.98 Å². The zero-order valence-electron chi connectivity index (χ0n) is 8.59. The van der Waals surface area contributed by atoms with Crippen LogP contribution in [-0.2, 0) is 6.54 Å². The van der Waals surface area contributed by atoms with Gasteiger partial charge in [-0.1, -0.05) is 0 Å². The molecule has 0 atom stereocenters. The number of phenols is 1. The molecule has 1 aromatic carbocycles. The number of hydrogen-bond donors (Lipinski definition) is 2. The fraction of sp³-hybridized carbons (Fsp3) is 0.0833. The second-order valence-corrected chi connectivity index (χ2v) is 3.78. The normalized spacial score (nSPS) is 11.0. The molecule has 4 heteroatoms. The first-order valence-corrected chi connectivity index (χ1v) is 5.07. The van der Waals surface area contributed by atoms with Crippen molar-refractivity contribution in [3.05, 3.63) is 48.7 Å². The second-order valence-electron chi connectivity index (χ2n) is 3.78. The number of nitrogens with zero attached hydrogens (tertiary/aromatic N) is 2. The molecule has 80 valence electrons. The highest BCUT2D eigenvalue weighted by Crippen LogP contribution is 2.23. The predicted octanol–water partition coefficient (Wildman–Crippen LogP) is 2.12. The Morgan fingerprint density at radius 1 is 1.38 bits per heavy atom. The van der Waals surface area contributed by atoms with Crippen molar-refractivity contribution in [3.8, 4) is 5.75 Å². The van der Waals surface area contributed by atoms with Crippen molar-refractivity contribution in [3.63, 3.8) is 0 Å². The third-order valence-electron chi connectivity index (χ3n) is 2.66. The number of aromatic nitrogens is 3. The Kier molecular flexibility index (Phi) is 1.93. The Bertz CT molecular complexity index is 610. The summed E-state index contributed by atoms with van der Waals surface area (Å²) in [4.78, 5) is 7.19. The topological polar surface area (TPSA) is 53.8 Å². The van der Waals surface area contributed by atoms with E-state index in [0.29, 0.717) is 5.75 Å². The van der Waals surface area contributed by atoms with Crippen LogP contribution in [0.4, 0.5) is 0 Å². The van der Waals surface area contributed by atoms with Crippen LogP contribution in [0, 0.1) is 0 Å². The van der Waals surface area contributed by atoms with E-state index in [1.54, 1.807) is 24.7 Å². The lowest BCUT2D eigenvalue weighted by Crippen LogP contribution is -1.94. The van der Waals surface area contributed by atoms with E-state index in [1.165, 1.54) is 0 Å². The van der Waals surface area contributed by atoms with Gasteiger partial charge < -0.3 is 14.7 Å². The van der Waals surface area contributed by atoms with Gasteiger partial charge in [0.25, 0.3) is 0 Å². The highest BCUT2D eigenvalue weighted by atomic mass is 16.3. The highest BCUT2D eigenvalue weighted by molar-refractivity contribution is 5.84. The summed E-state index contributed by atoms with van der Waals surface area (Å²) in [7, 11) is 0. The fourth-order valence-electron chi connectivity index (χ4n) is 1.87. The zero-order chi connectivity index (χ0) is 11.0. The molecule has 0 saturated carbocycles. The Labute approximate surface area is 92.2 Å². The van der Waals surface area contributed by atoms with Crippen LogP contribution in [0.25, 0.3) is 10.9 Å². The van der Waals surface area contributed by atoms with Gasteiger partial charge in [0, 0.05) is 29.5 Å². The van der Waals surface area contributed by atoms with Crippen LogP contribution in [0.1, 0.15) is 5.56 Å². The Hall–Kier alpha value is -2.23. The number of imidazole rings is 1. The molecule has 0 radical (unpaired) electrons. The summed E-state index contributed by atoms with van der Waals surface area (Å²) in [6, 6.07) is 5.33. The van der Waals surface area contributed by atoms with Crippen LogP contribution >= 0.6 is 0 Å². The van der Waals surface area contributed by atoms with Crippen LogP contribution in [0.3, 0.4) is 0 Å². The lowest BCUT2D eigenvalue weighted by Gasteiger charge is -2.00. The number of nitrogens with one attached hydrogen (secondary N) is 1. The van der Waals surface area contributed by atoms with Crippen molar-refractivity contribution < 1.29 is 5.11 Å². The molecule has 3 rings (SSSR count). The van der Waals surface area contributed by atoms with Gasteiger partial charge in [-0.05, 0) is 23.8 Å². The first-order valence-electron chi connectivity index (χ1n) is 5.07. The lowest BCUT2D eigenvalue weighted by molar-refractivity contribution is 0.476. The van der Waals surface area contributed by atoms with Gasteiger partial charge in [0.05, 0.1) is 12.9 Å². The largest absolute Gasteiger partial charge is 0.508 e. The van der Waals surface area contributed by atoms with Gasteiger partial charge in [0.15, 0.2) is 0 Å². The van der Waals surface area contributed by atoms with Gasteiger partial charge in [-0.3, -0.25) is 0 Å². The third kappa shape index (κ3) is 1.44. The number of hydrogen-bond acceptors (Lipinski definition) is 2. The summed E-state index contributed by atoms with van der Waals surface area (Å²) in [6.07, 6.45) is 7.42. The molecule has 0 saturated heterocycles. The smallest absolute Gasteiger partial charge is 0.116 e. The van der Waals surface area contributed by atoms with E-state index in [0.717, 1.165) is 23.0 Å². The van der Waals surface area contributed by atoms with E-state index in [4.69, 9.17) is 0 Å². The second kappa shape index (κ2) is 3.41. The minimum atomic E-state index is 0.291. The summed E-state index contributed by atoms with van der Waals surface area (Å²) < 4.78 is 1.99. The number of aromatic amines is 1. The molecule has 0 aliphatic heterocycles. The number of fused-ring (bicyclic) bond motifs is 1. The Morgan fingerprint density at radius 2 is 2.31 bits per heavy atom. The van der Waals surface area contributed by atoms with Crippen molar-refractivity contribution in [2.75, 3.05) is 0 Å². The molecule has 0 bridgehead atoms. The van der Waals surface area contributed by atoms with Gasteiger partial charge in [-0.15, -0.1) is 0 Å². The van der Waals surface area contributed by atoms with Crippen LogP contribution in [0.15, 0.2) is 43.1 Å². The van der Waals surface area contributed by atoms with Gasteiger partial charge >= 0.3 is 0 Å². The zero-order valence-corrected chi connectivity index (χ0v) is 8.59. The van der Waals surface area contributed by atoms with Gasteiger partial charge in [-0.2, -0.15) is 0 Å². The molecule has 0 aliphatic rings. The van der Waals surface area contributed by atoms with Crippen LogP contribution in [0.2, 0.25) is 0 Å². The number of rotatable bonds is 2. The molecule has 16 heavy (non-hydrogen) atoms. The predicted molar refractivity (Wildman–Crippen MR) is 61.3 cm³/mol. The molecule has 4 nitrogen and oxygen atoms in total. The molecule has 0 spiro atoms. The Balaban J connectivity index is 2.07. The molecular weight excluding hydrogens is 202 g/mol. The third-order valence-corrected chi connectivity index (χ3v) is 2.66. The fourth-order valence-corrected chi connectivity index (χ4v) is 1.87. The molecule has 0 amide bonds. The number of H-pyrrole nitrogens is 1. The average Bonchev–Trinajstić information content (AvgIpc) is 2.90. The molecule has 2 heterocycles. The molecule has 0 aliphatic carbocycles.